The molecule has 0 aliphatic carbocycles. The second-order valence-corrected chi connectivity index (χ2v) is 2.00. The zero-order valence-corrected chi connectivity index (χ0v) is 6.68. The summed E-state index contributed by atoms with van der Waals surface area (Å²) in [6.07, 6.45) is 3.69. The van der Waals surface area contributed by atoms with Gasteiger partial charge in [-0.15, -0.1) is 0 Å². The van der Waals surface area contributed by atoms with Crippen LogP contribution in [-0.4, -0.2) is 20.3 Å². The van der Waals surface area contributed by atoms with Crippen molar-refractivity contribution >= 4 is 0 Å². The summed E-state index contributed by atoms with van der Waals surface area (Å²) < 4.78 is 4.85. The summed E-state index contributed by atoms with van der Waals surface area (Å²) in [4.78, 5) is 0. The Morgan fingerprint density at radius 3 is 2.90 bits per heavy atom. The SMILES string of the molecule is C=C/C=C(\C)NCCOC. The number of hydrogen-bond donors (Lipinski definition) is 1. The predicted molar refractivity (Wildman–Crippen MR) is 43.8 cm³/mol. The molecule has 0 heterocycles. The molecule has 0 saturated carbocycles. The summed E-state index contributed by atoms with van der Waals surface area (Å²) in [5, 5.41) is 3.15. The molecule has 0 bridgehead atoms. The van der Waals surface area contributed by atoms with Crippen molar-refractivity contribution in [2.45, 2.75) is 6.92 Å². The van der Waals surface area contributed by atoms with E-state index in [0.717, 1.165) is 18.8 Å². The minimum Gasteiger partial charge on any atom is -0.386 e. The van der Waals surface area contributed by atoms with E-state index < -0.39 is 0 Å². The van der Waals surface area contributed by atoms with Gasteiger partial charge in [0.05, 0.1) is 6.61 Å². The van der Waals surface area contributed by atoms with Crippen LogP contribution in [-0.2, 0) is 4.74 Å². The molecule has 0 fully saturated rings. The fraction of sp³-hybridized carbons (Fsp3) is 0.500. The summed E-state index contributed by atoms with van der Waals surface area (Å²) in [6.45, 7) is 7.17. The lowest BCUT2D eigenvalue weighted by molar-refractivity contribution is 0.202. The van der Waals surface area contributed by atoms with E-state index in [0.29, 0.717) is 0 Å². The molecule has 2 heteroatoms. The molecule has 0 rings (SSSR count). The van der Waals surface area contributed by atoms with Crippen LogP contribution in [0.3, 0.4) is 0 Å². The molecule has 0 aliphatic rings. The van der Waals surface area contributed by atoms with Crippen LogP contribution in [0.15, 0.2) is 24.4 Å². The zero-order valence-electron chi connectivity index (χ0n) is 6.68. The van der Waals surface area contributed by atoms with Gasteiger partial charge in [0, 0.05) is 19.4 Å². The first-order valence-corrected chi connectivity index (χ1v) is 3.33. The van der Waals surface area contributed by atoms with Crippen LogP contribution in [0.2, 0.25) is 0 Å². The van der Waals surface area contributed by atoms with E-state index in [1.54, 1.807) is 13.2 Å². The number of methoxy groups -OCH3 is 1. The maximum Gasteiger partial charge on any atom is 0.0635 e. The van der Waals surface area contributed by atoms with Crippen molar-refractivity contribution in [1.29, 1.82) is 0 Å². The highest BCUT2D eigenvalue weighted by Crippen LogP contribution is 1.84. The topological polar surface area (TPSA) is 21.3 Å². The van der Waals surface area contributed by atoms with Crippen LogP contribution >= 0.6 is 0 Å². The van der Waals surface area contributed by atoms with Crippen LogP contribution in [0.1, 0.15) is 6.92 Å². The van der Waals surface area contributed by atoms with Crippen molar-refractivity contribution in [1.82, 2.24) is 5.32 Å². The lowest BCUT2D eigenvalue weighted by atomic mass is 10.4. The smallest absolute Gasteiger partial charge is 0.0635 e. The molecular formula is C8H15NO. The number of rotatable bonds is 5. The van der Waals surface area contributed by atoms with Gasteiger partial charge >= 0.3 is 0 Å². The highest BCUT2D eigenvalue weighted by Gasteiger charge is 1.83. The maximum atomic E-state index is 4.85. The van der Waals surface area contributed by atoms with Gasteiger partial charge in [-0.05, 0) is 13.0 Å². The van der Waals surface area contributed by atoms with Crippen LogP contribution in [0.25, 0.3) is 0 Å². The van der Waals surface area contributed by atoms with Gasteiger partial charge in [0.2, 0.25) is 0 Å². The number of hydrogen-bond acceptors (Lipinski definition) is 2. The highest BCUT2D eigenvalue weighted by atomic mass is 16.5. The number of nitrogens with one attached hydrogen (secondary N) is 1. The monoisotopic (exact) mass is 141 g/mol. The van der Waals surface area contributed by atoms with Crippen molar-refractivity contribution in [3.63, 3.8) is 0 Å². The Kier molecular flexibility index (Phi) is 5.88. The second kappa shape index (κ2) is 6.36. The molecule has 0 unspecified atom stereocenters. The molecule has 1 N–H and O–H groups in total. The first-order chi connectivity index (χ1) is 4.81. The normalized spacial score (nSPS) is 11.2. The summed E-state index contributed by atoms with van der Waals surface area (Å²) in [5.74, 6) is 0. The average molecular weight is 141 g/mol. The molecule has 0 radical (unpaired) electrons. The van der Waals surface area contributed by atoms with E-state index in [4.69, 9.17) is 4.74 Å². The first-order valence-electron chi connectivity index (χ1n) is 3.33. The minimum absolute atomic E-state index is 0.738. The Morgan fingerprint density at radius 1 is 1.70 bits per heavy atom. The summed E-state index contributed by atoms with van der Waals surface area (Å²) in [5.41, 5.74) is 1.12. The van der Waals surface area contributed by atoms with Gasteiger partial charge < -0.3 is 10.1 Å². The summed E-state index contributed by atoms with van der Waals surface area (Å²) >= 11 is 0. The Bertz CT molecular complexity index is 118. The Labute approximate surface area is 62.6 Å². The molecule has 0 aromatic heterocycles. The van der Waals surface area contributed by atoms with Crippen LogP contribution < -0.4 is 5.32 Å². The van der Waals surface area contributed by atoms with Gasteiger partial charge in [-0.2, -0.15) is 0 Å². The van der Waals surface area contributed by atoms with Gasteiger partial charge in [0.25, 0.3) is 0 Å². The number of allylic oxidation sites excluding steroid dienone is 3. The van der Waals surface area contributed by atoms with E-state index in [9.17, 15) is 0 Å². The predicted octanol–water partition coefficient (Wildman–Crippen LogP) is 1.31. The molecule has 0 aromatic carbocycles. The van der Waals surface area contributed by atoms with Crippen molar-refractivity contribution < 1.29 is 4.74 Å². The molecule has 0 saturated heterocycles. The van der Waals surface area contributed by atoms with E-state index in [1.165, 1.54) is 0 Å². The lowest BCUT2D eigenvalue weighted by Gasteiger charge is -2.03. The molecule has 2 nitrogen and oxygen atoms in total. The third-order valence-corrected chi connectivity index (χ3v) is 1.08. The van der Waals surface area contributed by atoms with E-state index >= 15 is 0 Å². The van der Waals surface area contributed by atoms with Crippen molar-refractivity contribution in [3.05, 3.63) is 24.4 Å². The summed E-state index contributed by atoms with van der Waals surface area (Å²) in [6, 6.07) is 0. The van der Waals surface area contributed by atoms with E-state index in [-0.39, 0.29) is 0 Å². The fourth-order valence-corrected chi connectivity index (χ4v) is 0.586. The van der Waals surface area contributed by atoms with Gasteiger partial charge in [0.1, 0.15) is 0 Å². The third kappa shape index (κ3) is 5.38. The maximum absolute atomic E-state index is 4.85. The Morgan fingerprint density at radius 2 is 2.40 bits per heavy atom. The summed E-state index contributed by atoms with van der Waals surface area (Å²) in [7, 11) is 1.69. The lowest BCUT2D eigenvalue weighted by Crippen LogP contribution is -2.16. The van der Waals surface area contributed by atoms with Crippen molar-refractivity contribution in [2.75, 3.05) is 20.3 Å². The molecule has 0 spiro atoms. The quantitative estimate of drug-likeness (QED) is 0.460. The van der Waals surface area contributed by atoms with Gasteiger partial charge in [-0.25, -0.2) is 0 Å². The third-order valence-electron chi connectivity index (χ3n) is 1.08. The molecule has 0 amide bonds. The first kappa shape index (κ1) is 9.24. The molecule has 58 valence electrons. The minimum atomic E-state index is 0.738. The standard InChI is InChI=1S/C8H15NO/c1-4-5-8(2)9-6-7-10-3/h4-5,9H,1,6-7H2,2-3H3/b8-5+. The molecule has 0 aliphatic heterocycles. The van der Waals surface area contributed by atoms with Crippen LogP contribution in [0, 0.1) is 0 Å². The Balaban J connectivity index is 3.29. The fourth-order valence-electron chi connectivity index (χ4n) is 0.586. The zero-order chi connectivity index (χ0) is 7.82. The van der Waals surface area contributed by atoms with E-state index in [2.05, 4.69) is 11.9 Å². The van der Waals surface area contributed by atoms with Crippen LogP contribution in [0.5, 0.6) is 0 Å². The molecule has 0 atom stereocenters. The van der Waals surface area contributed by atoms with Crippen molar-refractivity contribution in [2.24, 2.45) is 0 Å². The second-order valence-electron chi connectivity index (χ2n) is 2.00. The van der Waals surface area contributed by atoms with Gasteiger partial charge in [0.15, 0.2) is 0 Å². The van der Waals surface area contributed by atoms with Gasteiger partial charge in [-0.3, -0.25) is 0 Å². The molecular weight excluding hydrogens is 126 g/mol. The van der Waals surface area contributed by atoms with Gasteiger partial charge in [-0.1, -0.05) is 12.7 Å². The highest BCUT2D eigenvalue weighted by molar-refractivity contribution is 5.05. The van der Waals surface area contributed by atoms with Crippen LogP contribution in [0.4, 0.5) is 0 Å². The Hall–Kier alpha value is -0.760. The number of ether oxygens (including phenoxy) is 1. The van der Waals surface area contributed by atoms with Crippen molar-refractivity contribution in [3.8, 4) is 0 Å². The van der Waals surface area contributed by atoms with E-state index in [1.807, 2.05) is 13.0 Å². The average Bonchev–Trinajstić information content (AvgIpc) is 1.89. The largest absolute Gasteiger partial charge is 0.386 e. The molecule has 0 aromatic rings. The molecule has 10 heavy (non-hydrogen) atoms.